The molecule has 0 bridgehead atoms. The Bertz CT molecular complexity index is 379. The van der Waals surface area contributed by atoms with Gasteiger partial charge in [0.1, 0.15) is 5.60 Å². The van der Waals surface area contributed by atoms with Gasteiger partial charge in [0.2, 0.25) is 0 Å². The maximum Gasteiger partial charge on any atom is 0.471 e. The van der Waals surface area contributed by atoms with Gasteiger partial charge in [0, 0.05) is 19.1 Å². The molecule has 0 saturated heterocycles. The van der Waals surface area contributed by atoms with E-state index in [0.29, 0.717) is 25.9 Å². The first-order valence-electron chi connectivity index (χ1n) is 7.22. The van der Waals surface area contributed by atoms with Crippen molar-refractivity contribution in [3.8, 4) is 0 Å². The quantitative estimate of drug-likeness (QED) is 0.816. The fourth-order valence-corrected chi connectivity index (χ4v) is 1.67. The molecule has 1 unspecified atom stereocenters. The second kappa shape index (κ2) is 8.24. The zero-order valence-corrected chi connectivity index (χ0v) is 13.7. The van der Waals surface area contributed by atoms with Crippen molar-refractivity contribution in [3.63, 3.8) is 0 Å². The van der Waals surface area contributed by atoms with Gasteiger partial charge < -0.3 is 15.0 Å². The predicted octanol–water partition coefficient (Wildman–Crippen LogP) is 3.09. The molecule has 0 aromatic heterocycles. The summed E-state index contributed by atoms with van der Waals surface area (Å²) >= 11 is 0. The van der Waals surface area contributed by atoms with E-state index in [9.17, 15) is 22.8 Å². The Balaban J connectivity index is 4.20. The highest BCUT2D eigenvalue weighted by Gasteiger charge is 2.39. The smallest absolute Gasteiger partial charge is 0.444 e. The van der Waals surface area contributed by atoms with Crippen LogP contribution in [0.4, 0.5) is 18.0 Å². The van der Waals surface area contributed by atoms with Gasteiger partial charge in [0.15, 0.2) is 0 Å². The van der Waals surface area contributed by atoms with Gasteiger partial charge in [0.25, 0.3) is 0 Å². The summed E-state index contributed by atoms with van der Waals surface area (Å²) in [5.41, 5.74) is -0.599. The van der Waals surface area contributed by atoms with E-state index >= 15 is 0 Å². The third-order valence-corrected chi connectivity index (χ3v) is 2.73. The Morgan fingerprint density at radius 3 is 2.18 bits per heavy atom. The van der Waals surface area contributed by atoms with Crippen LogP contribution in [0.3, 0.4) is 0 Å². The van der Waals surface area contributed by atoms with Gasteiger partial charge in [-0.2, -0.15) is 13.2 Å². The van der Waals surface area contributed by atoms with Crippen molar-refractivity contribution in [2.24, 2.45) is 0 Å². The third kappa shape index (κ3) is 8.74. The Kier molecular flexibility index (Phi) is 7.69. The molecule has 22 heavy (non-hydrogen) atoms. The van der Waals surface area contributed by atoms with E-state index in [1.54, 1.807) is 27.7 Å². The molecule has 5 nitrogen and oxygen atoms in total. The van der Waals surface area contributed by atoms with Crippen molar-refractivity contribution in [3.05, 3.63) is 0 Å². The van der Waals surface area contributed by atoms with E-state index in [1.807, 2.05) is 5.32 Å². The lowest BCUT2D eigenvalue weighted by Gasteiger charge is -2.27. The Labute approximate surface area is 129 Å². The molecule has 1 atom stereocenters. The van der Waals surface area contributed by atoms with Crippen LogP contribution >= 0.6 is 0 Å². The van der Waals surface area contributed by atoms with Gasteiger partial charge in [-0.25, -0.2) is 4.79 Å². The monoisotopic (exact) mass is 326 g/mol. The highest BCUT2D eigenvalue weighted by molar-refractivity contribution is 5.81. The van der Waals surface area contributed by atoms with Crippen LogP contribution in [0.2, 0.25) is 0 Å². The van der Waals surface area contributed by atoms with Crippen LogP contribution in [-0.2, 0) is 9.53 Å². The van der Waals surface area contributed by atoms with E-state index in [4.69, 9.17) is 4.74 Å². The summed E-state index contributed by atoms with van der Waals surface area (Å²) in [7, 11) is 0. The van der Waals surface area contributed by atoms with Crippen molar-refractivity contribution in [2.45, 2.75) is 65.3 Å². The van der Waals surface area contributed by atoms with Gasteiger partial charge in [-0.3, -0.25) is 4.79 Å². The summed E-state index contributed by atoms with van der Waals surface area (Å²) in [5, 5.41) is 1.88. The summed E-state index contributed by atoms with van der Waals surface area (Å²) in [6.45, 7) is 9.36. The number of carbonyl (C=O) groups excluding carboxylic acids is 2. The number of rotatable bonds is 6. The number of ether oxygens (including phenoxy) is 1. The SMILES string of the molecule is CCN(CCCC(C)NC(=O)C(F)(F)F)C(=O)OC(C)(C)C. The molecule has 8 heteroatoms. The van der Waals surface area contributed by atoms with Gasteiger partial charge in [0.05, 0.1) is 0 Å². The average Bonchev–Trinajstić information content (AvgIpc) is 2.30. The molecule has 0 saturated carbocycles. The van der Waals surface area contributed by atoms with Gasteiger partial charge in [-0.15, -0.1) is 0 Å². The summed E-state index contributed by atoms with van der Waals surface area (Å²) < 4.78 is 41.5. The Morgan fingerprint density at radius 1 is 1.23 bits per heavy atom. The average molecular weight is 326 g/mol. The minimum Gasteiger partial charge on any atom is -0.444 e. The number of hydrogen-bond acceptors (Lipinski definition) is 3. The number of nitrogens with zero attached hydrogens (tertiary/aromatic N) is 1. The largest absolute Gasteiger partial charge is 0.471 e. The van der Waals surface area contributed by atoms with Crippen LogP contribution < -0.4 is 5.32 Å². The van der Waals surface area contributed by atoms with Crippen LogP contribution in [0.25, 0.3) is 0 Å². The van der Waals surface area contributed by atoms with E-state index < -0.39 is 29.8 Å². The normalized spacial score (nSPS) is 13.5. The minimum absolute atomic E-state index is 0.334. The summed E-state index contributed by atoms with van der Waals surface area (Å²) in [4.78, 5) is 24.1. The molecule has 0 aromatic carbocycles. The zero-order valence-electron chi connectivity index (χ0n) is 13.7. The van der Waals surface area contributed by atoms with Crippen molar-refractivity contribution in [1.29, 1.82) is 0 Å². The van der Waals surface area contributed by atoms with E-state index in [1.165, 1.54) is 11.8 Å². The van der Waals surface area contributed by atoms with Crippen LogP contribution in [0.5, 0.6) is 0 Å². The molecule has 0 fully saturated rings. The maximum atomic E-state index is 12.1. The summed E-state index contributed by atoms with van der Waals surface area (Å²) in [6.07, 6.45) is -4.53. The van der Waals surface area contributed by atoms with E-state index in [0.717, 1.165) is 0 Å². The number of carbonyl (C=O) groups is 2. The summed E-state index contributed by atoms with van der Waals surface area (Å²) in [6, 6.07) is -0.619. The molecule has 1 N–H and O–H groups in total. The van der Waals surface area contributed by atoms with Crippen molar-refractivity contribution in [2.75, 3.05) is 13.1 Å². The van der Waals surface area contributed by atoms with Crippen molar-refractivity contribution in [1.82, 2.24) is 10.2 Å². The van der Waals surface area contributed by atoms with Crippen LogP contribution in [0.1, 0.15) is 47.5 Å². The molecule has 2 amide bonds. The maximum absolute atomic E-state index is 12.1. The van der Waals surface area contributed by atoms with Crippen LogP contribution in [0.15, 0.2) is 0 Å². The fourth-order valence-electron chi connectivity index (χ4n) is 1.67. The highest BCUT2D eigenvalue weighted by atomic mass is 19.4. The lowest BCUT2D eigenvalue weighted by atomic mass is 10.1. The molecule has 0 rings (SSSR count). The molecule has 0 aliphatic heterocycles. The third-order valence-electron chi connectivity index (χ3n) is 2.73. The van der Waals surface area contributed by atoms with Crippen LogP contribution in [-0.4, -0.2) is 47.8 Å². The lowest BCUT2D eigenvalue weighted by molar-refractivity contribution is -0.174. The molecule has 0 aliphatic carbocycles. The van der Waals surface area contributed by atoms with Crippen molar-refractivity contribution < 1.29 is 27.5 Å². The summed E-state index contributed by atoms with van der Waals surface area (Å²) in [5.74, 6) is -1.94. The number of nitrogens with one attached hydrogen (secondary N) is 1. The topological polar surface area (TPSA) is 58.6 Å². The minimum atomic E-state index is -4.87. The zero-order chi connectivity index (χ0) is 17.6. The second-order valence-corrected chi connectivity index (χ2v) is 6.07. The highest BCUT2D eigenvalue weighted by Crippen LogP contribution is 2.15. The first-order valence-corrected chi connectivity index (χ1v) is 7.22. The number of halogens is 3. The molecule has 130 valence electrons. The van der Waals surface area contributed by atoms with E-state index in [-0.39, 0.29) is 0 Å². The Hall–Kier alpha value is -1.47. The molecule has 0 spiro atoms. The standard InChI is InChI=1S/C14H25F3N2O3/c1-6-19(12(21)22-13(3,4)5)9-7-8-10(2)18-11(20)14(15,16)17/h10H,6-9H2,1-5H3,(H,18,20). The molecular formula is C14H25F3N2O3. The predicted molar refractivity (Wildman–Crippen MR) is 76.4 cm³/mol. The van der Waals surface area contributed by atoms with Gasteiger partial charge in [-0.05, 0) is 47.5 Å². The first kappa shape index (κ1) is 20.5. The van der Waals surface area contributed by atoms with Crippen LogP contribution in [0, 0.1) is 0 Å². The molecule has 0 aromatic rings. The molecular weight excluding hydrogens is 301 g/mol. The fraction of sp³-hybridized carbons (Fsp3) is 0.857. The van der Waals surface area contributed by atoms with Gasteiger partial charge >= 0.3 is 18.2 Å². The Morgan fingerprint density at radius 2 is 1.77 bits per heavy atom. The number of hydrogen-bond donors (Lipinski definition) is 1. The van der Waals surface area contributed by atoms with Crippen molar-refractivity contribution >= 4 is 12.0 Å². The molecule has 0 aliphatic rings. The first-order chi connectivity index (χ1) is 9.86. The van der Waals surface area contributed by atoms with E-state index in [2.05, 4.69) is 0 Å². The second-order valence-electron chi connectivity index (χ2n) is 6.07. The number of amides is 2. The lowest BCUT2D eigenvalue weighted by Crippen LogP contribution is -2.42. The number of alkyl halides is 3. The molecule has 0 heterocycles. The van der Waals surface area contributed by atoms with Gasteiger partial charge in [-0.1, -0.05) is 0 Å². The molecule has 0 radical (unpaired) electrons.